The van der Waals surface area contributed by atoms with Crippen LogP contribution in [0.1, 0.15) is 73.3 Å². The molecule has 6 heterocycles. The number of fused-ring (bicyclic) bond motifs is 2. The number of nitrogens with zero attached hydrogens (tertiary/aromatic N) is 6. The lowest BCUT2D eigenvalue weighted by Crippen LogP contribution is -2.48. The van der Waals surface area contributed by atoms with Crippen LogP contribution in [0, 0.1) is 19.8 Å². The second kappa shape index (κ2) is 15.9. The van der Waals surface area contributed by atoms with Crippen LogP contribution in [-0.2, 0) is 9.59 Å². The summed E-state index contributed by atoms with van der Waals surface area (Å²) in [6, 6.07) is 17.4. The number of phenols is 1. The minimum atomic E-state index is -0.849. The number of aromatic amines is 1. The maximum atomic E-state index is 14.2. The van der Waals surface area contributed by atoms with Crippen LogP contribution in [0.2, 0.25) is 0 Å². The van der Waals surface area contributed by atoms with Gasteiger partial charge in [0.1, 0.15) is 24.3 Å². The van der Waals surface area contributed by atoms with Crippen LogP contribution in [0.15, 0.2) is 70.7 Å². The van der Waals surface area contributed by atoms with Crippen molar-refractivity contribution in [3.8, 4) is 33.3 Å². The molecule has 16 nitrogen and oxygen atoms in total. The van der Waals surface area contributed by atoms with Gasteiger partial charge in [-0.25, -0.2) is 4.98 Å². The molecule has 0 bridgehead atoms. The molecule has 2 aliphatic heterocycles. The quantitative estimate of drug-likeness (QED) is 0.0939. The lowest BCUT2D eigenvalue weighted by atomic mass is 9.91. The number of β-amino-alcohol motifs (C(OH)–C–C–N with tert-alkyl or cyclic N) is 1. The molecule has 6 aromatic rings. The number of hydrogen-bond acceptors (Lipinski definition) is 14. The van der Waals surface area contributed by atoms with Crippen molar-refractivity contribution in [2.24, 2.45) is 17.4 Å². The highest BCUT2D eigenvalue weighted by Crippen LogP contribution is 2.62. The van der Waals surface area contributed by atoms with Crippen molar-refractivity contribution < 1.29 is 29.1 Å². The fraction of sp³-hybridized carbons (Fsp3) is 0.422. The van der Waals surface area contributed by atoms with Gasteiger partial charge in [-0.1, -0.05) is 50.2 Å². The molecule has 0 spiro atoms. The van der Waals surface area contributed by atoms with E-state index in [-0.39, 0.29) is 60.9 Å². The summed E-state index contributed by atoms with van der Waals surface area (Å²) >= 11 is 1.58. The first kappa shape index (κ1) is 41.6. The molecule has 3 fully saturated rings. The van der Waals surface area contributed by atoms with Crippen molar-refractivity contribution in [1.29, 1.82) is 0 Å². The molecule has 17 heteroatoms. The Morgan fingerprint density at radius 2 is 1.81 bits per heavy atom. The van der Waals surface area contributed by atoms with Gasteiger partial charge < -0.3 is 46.1 Å². The second-order valence-electron chi connectivity index (χ2n) is 17.5. The molecule has 9 rings (SSSR count). The summed E-state index contributed by atoms with van der Waals surface area (Å²) in [5.41, 5.74) is 21.3. The lowest BCUT2D eigenvalue weighted by molar-refractivity contribution is -0.141. The minimum absolute atomic E-state index is 0.0331. The number of likely N-dealkylation sites (tertiary alicyclic amines) is 2. The van der Waals surface area contributed by atoms with Gasteiger partial charge in [-0.05, 0) is 66.7 Å². The Bertz CT molecular complexity index is 2630. The van der Waals surface area contributed by atoms with Crippen molar-refractivity contribution >= 4 is 34.2 Å². The Morgan fingerprint density at radius 1 is 1.06 bits per heavy atom. The van der Waals surface area contributed by atoms with Crippen LogP contribution >= 0.6 is 11.3 Å². The number of nitrogens with two attached hydrogens (primary N) is 2. The van der Waals surface area contributed by atoms with Crippen LogP contribution in [-0.4, -0.2) is 113 Å². The predicted molar refractivity (Wildman–Crippen MR) is 233 cm³/mol. The molecule has 324 valence electrons. The Kier molecular flexibility index (Phi) is 10.7. The molecule has 4 aromatic heterocycles. The largest absolute Gasteiger partial charge is 0.507 e. The summed E-state index contributed by atoms with van der Waals surface area (Å²) in [4.78, 5) is 40.4. The highest BCUT2D eigenvalue weighted by molar-refractivity contribution is 7.13. The van der Waals surface area contributed by atoms with Crippen LogP contribution in [0.4, 0.5) is 0 Å². The zero-order valence-corrected chi connectivity index (χ0v) is 36.1. The van der Waals surface area contributed by atoms with Crippen LogP contribution in [0.5, 0.6) is 11.6 Å². The number of nitrogens with one attached hydrogen (secondary N) is 2. The van der Waals surface area contributed by atoms with Gasteiger partial charge in [0, 0.05) is 61.2 Å². The molecule has 1 saturated carbocycles. The van der Waals surface area contributed by atoms with Crippen LogP contribution in [0.25, 0.3) is 32.7 Å². The molecular weight excluding hydrogens is 809 g/mol. The third-order valence-electron chi connectivity index (χ3n) is 13.2. The predicted octanol–water partition coefficient (Wildman–Crippen LogP) is 4.52. The van der Waals surface area contributed by atoms with Gasteiger partial charge in [0.15, 0.2) is 11.4 Å². The number of para-hydroxylation sites is 1. The number of aromatic hydroxyl groups is 1. The van der Waals surface area contributed by atoms with E-state index >= 15 is 0 Å². The number of aliphatic hydroxyl groups excluding tert-OH is 1. The highest BCUT2D eigenvalue weighted by atomic mass is 32.1. The molecule has 0 unspecified atom stereocenters. The van der Waals surface area contributed by atoms with E-state index in [9.17, 15) is 19.8 Å². The van der Waals surface area contributed by atoms with Gasteiger partial charge in [-0.2, -0.15) is 0 Å². The number of amides is 2. The van der Waals surface area contributed by atoms with E-state index in [1.54, 1.807) is 35.6 Å². The Morgan fingerprint density at radius 3 is 2.50 bits per heavy atom. The fourth-order valence-electron chi connectivity index (χ4n) is 9.72. The molecule has 7 atom stereocenters. The number of rotatable bonds is 13. The SMILES string of the molecule is Cc1ncsc1-c1ccc([C@H](C)NC(=O)[C@@H]2C[C@@H](O)CN2C(=O)[C@@H](c2cc(OCCN3C[C@@]4(N)[C@H](c5[nH]c6nnc(-c7ccccc7O)cc6c5C)[C@@]4(N)C3)no2)C(C)C)cc1. The highest BCUT2D eigenvalue weighted by Gasteiger charge is 2.78. The molecule has 8 N–H and O–H groups in total. The van der Waals surface area contributed by atoms with E-state index in [2.05, 4.69) is 35.5 Å². The van der Waals surface area contributed by atoms with E-state index < -0.39 is 29.1 Å². The third kappa shape index (κ3) is 7.20. The first-order valence-electron chi connectivity index (χ1n) is 21.0. The number of phenolic OH excluding ortho intramolecular Hbond substituents is 1. The van der Waals surface area contributed by atoms with E-state index in [0.29, 0.717) is 42.3 Å². The summed E-state index contributed by atoms with van der Waals surface area (Å²) < 4.78 is 11.7. The zero-order valence-electron chi connectivity index (χ0n) is 35.3. The number of hydrogen-bond donors (Lipinski definition) is 6. The monoisotopic (exact) mass is 860 g/mol. The number of H-pyrrole nitrogens is 1. The first-order valence-corrected chi connectivity index (χ1v) is 21.9. The van der Waals surface area contributed by atoms with Gasteiger partial charge in [0.2, 0.25) is 11.8 Å². The zero-order chi connectivity index (χ0) is 43.7. The second-order valence-corrected chi connectivity index (χ2v) is 18.4. The van der Waals surface area contributed by atoms with Gasteiger partial charge in [0.25, 0.3) is 5.88 Å². The lowest BCUT2D eigenvalue weighted by Gasteiger charge is -2.29. The number of aryl methyl sites for hydroxylation is 2. The summed E-state index contributed by atoms with van der Waals surface area (Å²) in [7, 11) is 0. The van der Waals surface area contributed by atoms with Gasteiger partial charge in [-0.3, -0.25) is 14.5 Å². The average molecular weight is 861 g/mol. The molecule has 62 heavy (non-hydrogen) atoms. The minimum Gasteiger partial charge on any atom is -0.507 e. The summed E-state index contributed by atoms with van der Waals surface area (Å²) in [6.45, 7) is 11.7. The summed E-state index contributed by atoms with van der Waals surface area (Å²) in [5.74, 6) is -1.02. The molecule has 0 radical (unpaired) electrons. The number of carbonyl (C=O) groups excluding carboxylic acids is 2. The summed E-state index contributed by atoms with van der Waals surface area (Å²) in [5, 5.41) is 37.9. The average Bonchev–Trinajstić information content (AvgIpc) is 3.97. The third-order valence-corrected chi connectivity index (χ3v) is 14.1. The van der Waals surface area contributed by atoms with Crippen LogP contribution < -0.4 is 21.5 Å². The molecule has 2 saturated heterocycles. The van der Waals surface area contributed by atoms with E-state index in [4.69, 9.17) is 20.7 Å². The Balaban J connectivity index is 0.802. The fourth-order valence-corrected chi connectivity index (χ4v) is 10.5. The number of thiazole rings is 1. The maximum absolute atomic E-state index is 14.2. The van der Waals surface area contributed by atoms with E-state index in [1.807, 2.05) is 76.5 Å². The molecule has 2 aromatic carbocycles. The van der Waals surface area contributed by atoms with Gasteiger partial charge in [0.05, 0.1) is 45.0 Å². The topological polar surface area (TPSA) is 235 Å². The number of aliphatic hydroxyl groups is 1. The Hall–Kier alpha value is -5.72. The molecule has 1 aliphatic carbocycles. The van der Waals surface area contributed by atoms with Crippen molar-refractivity contribution in [1.82, 2.24) is 40.4 Å². The standard InChI is InChI=1S/C45H52N10O6S/c1-23(2)37(43(59)55-19-29(56)16-33(55)42(58)49-25(4)27-10-12-28(13-11-27)39-26(5)48-22-62-39)35-18-36(53-61-35)60-15-14-54-20-44(46)40(45(44,47)21-54)38-24(3)31-17-32(51-52-41(31)50-38)30-8-6-7-9-34(30)57/h6-13,17-18,22-23,25,29,33,37,40,56-57H,14-16,19-21,46-47H2,1-5H3,(H,49,58)(H,50,52)/t25-,29+,33-,37+,40-,44+,45-/m0/s1. The van der Waals surface area contributed by atoms with Crippen molar-refractivity contribution in [2.75, 3.05) is 32.8 Å². The number of aromatic nitrogens is 5. The number of piperidine rings is 1. The van der Waals surface area contributed by atoms with Gasteiger partial charge >= 0.3 is 0 Å². The summed E-state index contributed by atoms with van der Waals surface area (Å²) in [6.07, 6.45) is -0.710. The maximum Gasteiger partial charge on any atom is 0.254 e. The van der Waals surface area contributed by atoms with E-state index in [1.165, 1.54) is 4.90 Å². The Labute approximate surface area is 362 Å². The number of benzene rings is 2. The van der Waals surface area contributed by atoms with Gasteiger partial charge in [-0.15, -0.1) is 21.5 Å². The molecule has 2 amide bonds. The van der Waals surface area contributed by atoms with E-state index in [0.717, 1.165) is 38.3 Å². The normalized spacial score (nSPS) is 24.4. The number of ether oxygens (including phenoxy) is 1. The molecular formula is C45H52N10O6S. The van der Waals surface area contributed by atoms with Crippen LogP contribution in [0.3, 0.4) is 0 Å². The first-order chi connectivity index (χ1) is 29.7. The van der Waals surface area contributed by atoms with Crippen molar-refractivity contribution in [3.63, 3.8) is 0 Å². The molecule has 3 aliphatic rings. The number of carbonyl (C=O) groups is 2. The van der Waals surface area contributed by atoms with Crippen molar-refractivity contribution in [2.45, 2.75) is 82.1 Å². The smallest absolute Gasteiger partial charge is 0.254 e. The van der Waals surface area contributed by atoms with Crippen molar-refractivity contribution in [3.05, 3.63) is 94.4 Å².